The van der Waals surface area contributed by atoms with E-state index in [4.69, 9.17) is 4.74 Å². The topological polar surface area (TPSA) is 46.6 Å². The monoisotopic (exact) mass is 377 g/mol. The fourth-order valence-corrected chi connectivity index (χ4v) is 4.08. The molecule has 0 saturated carbocycles. The van der Waals surface area contributed by atoms with Crippen LogP contribution >= 0.6 is 11.3 Å². The van der Waals surface area contributed by atoms with E-state index in [1.165, 1.54) is 10.4 Å². The Morgan fingerprint density at radius 3 is 2.48 bits per heavy atom. The summed E-state index contributed by atoms with van der Waals surface area (Å²) in [6.45, 7) is 1.05. The molecular formula is C22H19NO3S. The summed E-state index contributed by atoms with van der Waals surface area (Å²) in [5.41, 5.74) is 3.76. The number of esters is 1. The summed E-state index contributed by atoms with van der Waals surface area (Å²) in [5.74, 6) is -0.628. The van der Waals surface area contributed by atoms with Gasteiger partial charge < -0.3 is 9.64 Å². The van der Waals surface area contributed by atoms with Crippen LogP contribution in [0.2, 0.25) is 0 Å². The van der Waals surface area contributed by atoms with Gasteiger partial charge in [-0.15, -0.1) is 11.3 Å². The number of hydrogen-bond acceptors (Lipinski definition) is 4. The minimum absolute atomic E-state index is 0.152. The number of ether oxygens (including phenoxy) is 1. The average molecular weight is 377 g/mol. The second kappa shape index (κ2) is 7.76. The highest BCUT2D eigenvalue weighted by molar-refractivity contribution is 7.10. The minimum atomic E-state index is -0.476. The highest BCUT2D eigenvalue weighted by Gasteiger charge is 2.22. The Labute approximate surface area is 162 Å². The molecule has 5 heteroatoms. The molecule has 0 saturated heterocycles. The molecule has 0 fully saturated rings. The van der Waals surface area contributed by atoms with Crippen LogP contribution in [0.15, 0.2) is 66.0 Å². The molecule has 0 atom stereocenters. The third-order valence-corrected chi connectivity index (χ3v) is 5.74. The molecule has 3 aromatic rings. The van der Waals surface area contributed by atoms with Gasteiger partial charge >= 0.3 is 5.97 Å². The maximum Gasteiger partial charge on any atom is 0.338 e. The van der Waals surface area contributed by atoms with E-state index in [0.717, 1.165) is 17.5 Å². The zero-order valence-corrected chi connectivity index (χ0v) is 15.6. The van der Waals surface area contributed by atoms with Gasteiger partial charge in [0.15, 0.2) is 6.61 Å². The molecule has 27 heavy (non-hydrogen) atoms. The van der Waals surface area contributed by atoms with E-state index in [1.807, 2.05) is 42.5 Å². The summed E-state index contributed by atoms with van der Waals surface area (Å²) in [6, 6.07) is 19.2. The number of amides is 1. The van der Waals surface area contributed by atoms with Crippen LogP contribution < -0.4 is 0 Å². The van der Waals surface area contributed by atoms with Crippen molar-refractivity contribution in [1.29, 1.82) is 0 Å². The molecule has 2 heterocycles. The summed E-state index contributed by atoms with van der Waals surface area (Å²) in [4.78, 5) is 27.7. The Bertz CT molecular complexity index is 947. The number of hydrogen-bond donors (Lipinski definition) is 0. The standard InChI is InChI=1S/C22H19NO3S/c24-21(23-12-10-20-19(14-23)11-13-27-20)15-26-22(25)18-8-6-17(7-9-18)16-4-2-1-3-5-16/h1-9,11,13H,10,12,14-15H2. The van der Waals surface area contributed by atoms with Crippen molar-refractivity contribution >= 4 is 23.2 Å². The molecule has 0 aliphatic carbocycles. The summed E-state index contributed by atoms with van der Waals surface area (Å²) < 4.78 is 5.23. The largest absolute Gasteiger partial charge is 0.452 e. The Hall–Kier alpha value is -2.92. The first-order chi connectivity index (χ1) is 13.2. The van der Waals surface area contributed by atoms with Crippen LogP contribution in [0.3, 0.4) is 0 Å². The third kappa shape index (κ3) is 3.93. The summed E-state index contributed by atoms with van der Waals surface area (Å²) in [5, 5.41) is 2.05. The molecular weight excluding hydrogens is 358 g/mol. The van der Waals surface area contributed by atoms with Gasteiger partial charge in [-0.25, -0.2) is 4.79 Å². The molecule has 4 rings (SSSR count). The average Bonchev–Trinajstić information content (AvgIpc) is 3.20. The van der Waals surface area contributed by atoms with E-state index in [0.29, 0.717) is 18.7 Å². The molecule has 1 aliphatic heterocycles. The van der Waals surface area contributed by atoms with Gasteiger partial charge in [-0.05, 0) is 46.7 Å². The highest BCUT2D eigenvalue weighted by Crippen LogP contribution is 2.24. The van der Waals surface area contributed by atoms with E-state index in [-0.39, 0.29) is 12.5 Å². The van der Waals surface area contributed by atoms with Gasteiger partial charge in [-0.1, -0.05) is 42.5 Å². The van der Waals surface area contributed by atoms with Crippen molar-refractivity contribution in [3.05, 3.63) is 82.0 Å². The van der Waals surface area contributed by atoms with Gasteiger partial charge in [0.2, 0.25) is 0 Å². The summed E-state index contributed by atoms with van der Waals surface area (Å²) >= 11 is 1.73. The van der Waals surface area contributed by atoms with E-state index < -0.39 is 5.97 Å². The number of nitrogens with zero attached hydrogens (tertiary/aromatic N) is 1. The van der Waals surface area contributed by atoms with Crippen molar-refractivity contribution in [2.24, 2.45) is 0 Å². The van der Waals surface area contributed by atoms with Gasteiger partial charge in [0.25, 0.3) is 5.91 Å². The second-order valence-corrected chi connectivity index (χ2v) is 7.45. The van der Waals surface area contributed by atoms with E-state index in [9.17, 15) is 9.59 Å². The molecule has 0 unspecified atom stereocenters. The molecule has 0 N–H and O–H groups in total. The smallest absolute Gasteiger partial charge is 0.338 e. The van der Waals surface area contributed by atoms with Gasteiger partial charge in [0.05, 0.1) is 5.56 Å². The Morgan fingerprint density at radius 1 is 0.963 bits per heavy atom. The molecule has 0 bridgehead atoms. The molecule has 1 aliphatic rings. The van der Waals surface area contributed by atoms with E-state index in [1.54, 1.807) is 28.4 Å². The SMILES string of the molecule is O=C(OCC(=O)N1CCc2sccc2C1)c1ccc(-c2ccccc2)cc1. The minimum Gasteiger partial charge on any atom is -0.452 e. The van der Waals surface area contributed by atoms with Gasteiger partial charge in [-0.3, -0.25) is 4.79 Å². The van der Waals surface area contributed by atoms with E-state index in [2.05, 4.69) is 11.4 Å². The van der Waals surface area contributed by atoms with Crippen molar-refractivity contribution in [2.45, 2.75) is 13.0 Å². The molecule has 4 nitrogen and oxygen atoms in total. The zero-order chi connectivity index (χ0) is 18.6. The van der Waals surface area contributed by atoms with Gasteiger partial charge in [-0.2, -0.15) is 0 Å². The van der Waals surface area contributed by atoms with Crippen molar-refractivity contribution in [3.8, 4) is 11.1 Å². The lowest BCUT2D eigenvalue weighted by molar-refractivity contribution is -0.135. The molecule has 136 valence electrons. The molecule has 1 aromatic heterocycles. The molecule has 1 amide bonds. The number of fused-ring (bicyclic) bond motifs is 1. The number of benzene rings is 2. The van der Waals surface area contributed by atoms with Gasteiger partial charge in [0.1, 0.15) is 0 Å². The quantitative estimate of drug-likeness (QED) is 0.642. The van der Waals surface area contributed by atoms with Crippen LogP contribution in [-0.4, -0.2) is 29.9 Å². The Morgan fingerprint density at radius 2 is 1.70 bits per heavy atom. The molecule has 2 aromatic carbocycles. The Kier molecular flexibility index (Phi) is 5.03. The number of thiophene rings is 1. The van der Waals surface area contributed by atoms with E-state index >= 15 is 0 Å². The lowest BCUT2D eigenvalue weighted by Crippen LogP contribution is -2.38. The van der Waals surface area contributed by atoms with Gasteiger partial charge in [0, 0.05) is 18.0 Å². The maximum absolute atomic E-state index is 12.4. The normalized spacial score (nSPS) is 13.1. The number of rotatable bonds is 4. The van der Waals surface area contributed by atoms with Crippen molar-refractivity contribution in [2.75, 3.05) is 13.2 Å². The predicted molar refractivity (Wildman–Crippen MR) is 106 cm³/mol. The van der Waals surface area contributed by atoms with Crippen LogP contribution in [0.25, 0.3) is 11.1 Å². The maximum atomic E-state index is 12.4. The van der Waals surface area contributed by atoms with Crippen LogP contribution in [0.5, 0.6) is 0 Å². The number of carbonyl (C=O) groups is 2. The summed E-state index contributed by atoms with van der Waals surface area (Å²) in [6.07, 6.45) is 0.869. The first-order valence-electron chi connectivity index (χ1n) is 8.86. The second-order valence-electron chi connectivity index (χ2n) is 6.45. The fraction of sp³-hybridized carbons (Fsp3) is 0.182. The highest BCUT2D eigenvalue weighted by atomic mass is 32.1. The predicted octanol–water partition coefficient (Wildman–Crippen LogP) is 4.16. The third-order valence-electron chi connectivity index (χ3n) is 4.71. The van der Waals surface area contributed by atoms with Crippen molar-refractivity contribution in [1.82, 2.24) is 4.90 Å². The van der Waals surface area contributed by atoms with Crippen molar-refractivity contribution < 1.29 is 14.3 Å². The summed E-state index contributed by atoms with van der Waals surface area (Å²) in [7, 11) is 0. The van der Waals surface area contributed by atoms with Crippen LogP contribution in [0.4, 0.5) is 0 Å². The lowest BCUT2D eigenvalue weighted by atomic mass is 10.0. The Balaban J connectivity index is 1.33. The van der Waals surface area contributed by atoms with Crippen molar-refractivity contribution in [3.63, 3.8) is 0 Å². The van der Waals surface area contributed by atoms with Crippen LogP contribution in [0, 0.1) is 0 Å². The first-order valence-corrected chi connectivity index (χ1v) is 9.74. The first kappa shape index (κ1) is 17.5. The fourth-order valence-electron chi connectivity index (χ4n) is 3.19. The zero-order valence-electron chi connectivity index (χ0n) is 14.8. The van der Waals surface area contributed by atoms with Crippen LogP contribution in [0.1, 0.15) is 20.8 Å². The lowest BCUT2D eigenvalue weighted by Gasteiger charge is -2.26. The molecule has 0 spiro atoms. The van der Waals surface area contributed by atoms with Crippen LogP contribution in [-0.2, 0) is 22.5 Å². The molecule has 0 radical (unpaired) electrons. The number of carbonyl (C=O) groups excluding carboxylic acids is 2.